The van der Waals surface area contributed by atoms with Gasteiger partial charge in [-0.15, -0.1) is 0 Å². The molecule has 0 aliphatic heterocycles. The lowest BCUT2D eigenvalue weighted by Gasteiger charge is -2.11. The van der Waals surface area contributed by atoms with Gasteiger partial charge < -0.3 is 24.2 Å². The van der Waals surface area contributed by atoms with Crippen LogP contribution in [0.15, 0.2) is 48.8 Å². The number of phenolic OH excluding ortho intramolecular Hbond substituents is 2. The molecule has 0 fully saturated rings. The molecule has 0 atom stereocenters. The van der Waals surface area contributed by atoms with E-state index in [0.717, 1.165) is 6.07 Å². The van der Waals surface area contributed by atoms with E-state index in [2.05, 4.69) is 0 Å². The first-order valence-corrected chi connectivity index (χ1v) is 7.29. The Kier molecular flexibility index (Phi) is 2.30. The molecule has 5 aromatic rings. The van der Waals surface area contributed by atoms with Crippen molar-refractivity contribution in [3.8, 4) is 17.4 Å². The van der Waals surface area contributed by atoms with Crippen molar-refractivity contribution in [2.45, 2.75) is 0 Å². The number of benzene rings is 3. The zero-order valence-corrected chi connectivity index (χ0v) is 12.4. The Hall–Kier alpha value is -3.74. The molecule has 0 spiro atoms. The summed E-state index contributed by atoms with van der Waals surface area (Å²) >= 11 is 0. The lowest BCUT2D eigenvalue weighted by molar-refractivity contribution is 0.326. The van der Waals surface area contributed by atoms with Gasteiger partial charge in [0.2, 0.25) is 5.43 Å². The van der Waals surface area contributed by atoms with Crippen LogP contribution in [0.3, 0.4) is 0 Å². The number of hydrogen-bond donors (Lipinski definition) is 3. The smallest absolute Gasteiger partial charge is 0.346 e. The third-order valence-electron chi connectivity index (χ3n) is 4.40. The molecule has 5 rings (SSSR count). The maximum absolute atomic E-state index is 12.0. The fourth-order valence-electron chi connectivity index (χ4n) is 3.34. The van der Waals surface area contributed by atoms with Crippen LogP contribution < -0.4 is 11.1 Å². The van der Waals surface area contributed by atoms with Crippen molar-refractivity contribution in [2.24, 2.45) is 0 Å². The van der Waals surface area contributed by atoms with E-state index in [-0.39, 0.29) is 27.7 Å². The molecular weight excluding hydrogens is 328 g/mol. The lowest BCUT2D eigenvalue weighted by atomic mass is 9.97. The van der Waals surface area contributed by atoms with Crippen LogP contribution in [-0.2, 0) is 0 Å². The number of phenols is 2. The summed E-state index contributed by atoms with van der Waals surface area (Å²) in [7, 11) is 0. The molecule has 122 valence electrons. The highest BCUT2D eigenvalue weighted by Gasteiger charge is 2.22. The van der Waals surface area contributed by atoms with Crippen LogP contribution in [-0.4, -0.2) is 15.3 Å². The number of rotatable bonds is 0. The summed E-state index contributed by atoms with van der Waals surface area (Å²) in [6, 6.07) is 6.81. The van der Waals surface area contributed by atoms with Gasteiger partial charge >= 0.3 is 5.63 Å². The van der Waals surface area contributed by atoms with Crippen molar-refractivity contribution >= 4 is 43.5 Å². The van der Waals surface area contributed by atoms with Crippen molar-refractivity contribution in [1.29, 1.82) is 0 Å². The van der Waals surface area contributed by atoms with E-state index in [9.17, 15) is 24.9 Å². The zero-order chi connectivity index (χ0) is 17.5. The van der Waals surface area contributed by atoms with Gasteiger partial charge in [-0.25, -0.2) is 4.79 Å². The van der Waals surface area contributed by atoms with Crippen molar-refractivity contribution < 1.29 is 24.2 Å². The first-order chi connectivity index (χ1) is 12.0. The van der Waals surface area contributed by atoms with Crippen molar-refractivity contribution in [3.05, 3.63) is 51.0 Å². The van der Waals surface area contributed by atoms with Crippen LogP contribution in [0.25, 0.3) is 43.5 Å². The van der Waals surface area contributed by atoms with Crippen LogP contribution in [0.4, 0.5) is 0 Å². The molecule has 7 nitrogen and oxygen atoms in total. The number of hydrogen-bond acceptors (Lipinski definition) is 7. The standard InChI is InChI=1S/C18H8O7/c19-9-2-1-6-3-8-15(18(23)25-17(8)22)14-7-4-10(20)11(21)5-12(7)24-16(9)13(6)14/h1-5,19-20,23H. The molecule has 0 saturated heterocycles. The number of furan rings is 1. The third-order valence-corrected chi connectivity index (χ3v) is 4.40. The molecule has 0 aliphatic carbocycles. The van der Waals surface area contributed by atoms with Gasteiger partial charge in [-0.05, 0) is 23.6 Å². The topological polar surface area (TPSA) is 121 Å². The first kappa shape index (κ1) is 13.7. The van der Waals surface area contributed by atoms with Crippen LogP contribution in [0.5, 0.6) is 17.4 Å². The molecule has 7 heteroatoms. The number of aromatic hydroxyl groups is 3. The summed E-state index contributed by atoms with van der Waals surface area (Å²) in [6.45, 7) is 0. The third kappa shape index (κ3) is 1.59. The minimum atomic E-state index is -0.710. The highest BCUT2D eigenvalue weighted by atomic mass is 16.5. The van der Waals surface area contributed by atoms with Gasteiger partial charge in [0.1, 0.15) is 5.58 Å². The molecule has 0 amide bonds. The Balaban J connectivity index is 2.29. The predicted molar refractivity (Wildman–Crippen MR) is 89.7 cm³/mol. The molecule has 2 heterocycles. The highest BCUT2D eigenvalue weighted by molar-refractivity contribution is 6.29. The van der Waals surface area contributed by atoms with Crippen LogP contribution >= 0.6 is 0 Å². The average molecular weight is 336 g/mol. The summed E-state index contributed by atoms with van der Waals surface area (Å²) < 4.78 is 10.5. The van der Waals surface area contributed by atoms with Gasteiger partial charge in [0.05, 0.1) is 10.8 Å². The Morgan fingerprint density at radius 3 is 2.36 bits per heavy atom. The molecule has 0 unspecified atom stereocenters. The van der Waals surface area contributed by atoms with E-state index >= 15 is 0 Å². The second-order valence-corrected chi connectivity index (χ2v) is 5.80. The minimum absolute atomic E-state index is 0.0960. The van der Waals surface area contributed by atoms with Crippen LogP contribution in [0.1, 0.15) is 0 Å². The molecule has 0 bridgehead atoms. The van der Waals surface area contributed by atoms with Gasteiger partial charge in [0, 0.05) is 22.2 Å². The largest absolute Gasteiger partial charge is 0.504 e. The van der Waals surface area contributed by atoms with E-state index in [0.29, 0.717) is 21.5 Å². The van der Waals surface area contributed by atoms with Gasteiger partial charge in [-0.1, -0.05) is 6.07 Å². The quantitative estimate of drug-likeness (QED) is 0.294. The van der Waals surface area contributed by atoms with E-state index < -0.39 is 22.8 Å². The lowest BCUT2D eigenvalue weighted by Crippen LogP contribution is -1.98. The van der Waals surface area contributed by atoms with Crippen molar-refractivity contribution in [1.82, 2.24) is 0 Å². The highest BCUT2D eigenvalue weighted by Crippen LogP contribution is 2.43. The zero-order valence-electron chi connectivity index (χ0n) is 12.4. The molecule has 0 radical (unpaired) electrons. The molecule has 0 saturated carbocycles. The average Bonchev–Trinajstić information content (AvgIpc) is 2.86. The van der Waals surface area contributed by atoms with Crippen molar-refractivity contribution in [2.75, 3.05) is 0 Å². The first-order valence-electron chi connectivity index (χ1n) is 7.29. The second kappa shape index (κ2) is 4.21. The van der Waals surface area contributed by atoms with E-state index in [1.54, 1.807) is 6.07 Å². The van der Waals surface area contributed by atoms with E-state index in [1.807, 2.05) is 0 Å². The van der Waals surface area contributed by atoms with E-state index in [4.69, 9.17) is 8.83 Å². The fourth-order valence-corrected chi connectivity index (χ4v) is 3.34. The Morgan fingerprint density at radius 1 is 0.760 bits per heavy atom. The summed E-state index contributed by atoms with van der Waals surface area (Å²) in [5, 5.41) is 32.0. The maximum Gasteiger partial charge on any atom is 0.346 e. The molecule has 3 N–H and O–H groups in total. The number of fused-ring (bicyclic) bond motifs is 4. The Morgan fingerprint density at radius 2 is 1.56 bits per heavy atom. The van der Waals surface area contributed by atoms with E-state index in [1.165, 1.54) is 18.2 Å². The molecule has 2 aromatic heterocycles. The monoisotopic (exact) mass is 336 g/mol. The summed E-state index contributed by atoms with van der Waals surface area (Å²) in [5.74, 6) is -1.24. The fraction of sp³-hybridized carbons (Fsp3) is 0. The van der Waals surface area contributed by atoms with Gasteiger partial charge in [0.15, 0.2) is 17.1 Å². The normalized spacial score (nSPS) is 12.0. The Bertz CT molecular complexity index is 1460. The molecule has 3 aromatic carbocycles. The SMILES string of the molecule is O=c1cc2oc3c(O)ccc4cc5c(=O)oc(O)c5c(c2cc1O)c43. The molecular formula is C18H8O7. The van der Waals surface area contributed by atoms with Gasteiger partial charge in [-0.3, -0.25) is 4.79 Å². The van der Waals surface area contributed by atoms with Gasteiger partial charge in [0.25, 0.3) is 5.95 Å². The maximum atomic E-state index is 12.0. The molecule has 25 heavy (non-hydrogen) atoms. The second-order valence-electron chi connectivity index (χ2n) is 5.80. The summed E-state index contributed by atoms with van der Waals surface area (Å²) in [4.78, 5) is 23.8. The molecule has 0 aliphatic rings. The van der Waals surface area contributed by atoms with Crippen LogP contribution in [0, 0.1) is 0 Å². The van der Waals surface area contributed by atoms with Crippen molar-refractivity contribution in [3.63, 3.8) is 0 Å². The summed E-state index contributed by atoms with van der Waals surface area (Å²) in [6.07, 6.45) is 0. The summed E-state index contributed by atoms with van der Waals surface area (Å²) in [5.41, 5.74) is -1.17. The van der Waals surface area contributed by atoms with Gasteiger partial charge in [-0.2, -0.15) is 0 Å². The van der Waals surface area contributed by atoms with Crippen LogP contribution in [0.2, 0.25) is 0 Å². The Labute approximate surface area is 136 Å². The minimum Gasteiger partial charge on any atom is -0.504 e. The predicted octanol–water partition coefficient (Wildman–Crippen LogP) is 2.76.